The lowest BCUT2D eigenvalue weighted by Gasteiger charge is -2.05. The number of nitrogens with two attached hydrogens (primary N) is 1. The van der Waals surface area contributed by atoms with Gasteiger partial charge >= 0.3 is 0 Å². The summed E-state index contributed by atoms with van der Waals surface area (Å²) in [6, 6.07) is 0. The lowest BCUT2D eigenvalue weighted by Crippen LogP contribution is -2.14. The Morgan fingerprint density at radius 3 is 2.75 bits per heavy atom. The van der Waals surface area contributed by atoms with Gasteiger partial charge in [-0.1, -0.05) is 0 Å². The minimum Gasteiger partial charge on any atom is -0.482 e. The van der Waals surface area contributed by atoms with Crippen LogP contribution >= 0.6 is 12.2 Å². The minimum atomic E-state index is -0.0249. The predicted octanol–water partition coefficient (Wildman–Crippen LogP) is -0.312. The van der Waals surface area contributed by atoms with Crippen LogP contribution in [0.3, 0.4) is 0 Å². The Labute approximate surface area is 77.6 Å². The zero-order valence-corrected chi connectivity index (χ0v) is 7.81. The molecule has 0 unspecified atom stereocenters. The number of hydrogen-bond acceptors (Lipinski definition) is 5. The lowest BCUT2D eigenvalue weighted by atomic mass is 10.5. The molecule has 0 spiro atoms. The van der Waals surface area contributed by atoms with E-state index in [1.165, 1.54) is 0 Å². The van der Waals surface area contributed by atoms with Crippen molar-refractivity contribution in [3.63, 3.8) is 0 Å². The molecule has 4 nitrogen and oxygen atoms in total. The second kappa shape index (κ2) is 8.86. The van der Waals surface area contributed by atoms with Gasteiger partial charge in [-0.25, -0.2) is 0 Å². The first-order valence-electron chi connectivity index (χ1n) is 3.85. The van der Waals surface area contributed by atoms with Gasteiger partial charge in [-0.05, 0) is 25.2 Å². The summed E-state index contributed by atoms with van der Waals surface area (Å²) >= 11 is 4.78. The van der Waals surface area contributed by atoms with Crippen molar-refractivity contribution >= 4 is 17.3 Å². The van der Waals surface area contributed by atoms with Gasteiger partial charge in [0, 0.05) is 6.61 Å². The van der Waals surface area contributed by atoms with Crippen molar-refractivity contribution in [2.24, 2.45) is 5.73 Å². The molecule has 0 atom stereocenters. The van der Waals surface area contributed by atoms with Crippen LogP contribution in [0.15, 0.2) is 0 Å². The van der Waals surface area contributed by atoms with E-state index in [1.807, 2.05) is 0 Å². The molecule has 0 heterocycles. The molecule has 12 heavy (non-hydrogen) atoms. The third-order valence-corrected chi connectivity index (χ3v) is 1.30. The molecule has 0 fully saturated rings. The van der Waals surface area contributed by atoms with Gasteiger partial charge in [-0.15, -0.1) is 0 Å². The molecule has 0 radical (unpaired) electrons. The highest BCUT2D eigenvalue weighted by molar-refractivity contribution is 7.80. The summed E-state index contributed by atoms with van der Waals surface area (Å²) < 4.78 is 10.0. The maximum atomic E-state index is 8.38. The first-order chi connectivity index (χ1) is 5.81. The number of aliphatic hydroxyl groups excluding tert-OH is 1. The van der Waals surface area contributed by atoms with Crippen molar-refractivity contribution in [2.75, 3.05) is 33.0 Å². The first kappa shape index (κ1) is 11.8. The summed E-state index contributed by atoms with van der Waals surface area (Å²) in [5, 5.41) is 8.76. The van der Waals surface area contributed by atoms with Crippen molar-refractivity contribution in [2.45, 2.75) is 6.42 Å². The highest BCUT2D eigenvalue weighted by Gasteiger charge is 1.96. The molecule has 0 aliphatic heterocycles. The van der Waals surface area contributed by atoms with E-state index in [0.29, 0.717) is 24.8 Å². The van der Waals surface area contributed by atoms with Gasteiger partial charge in [0.25, 0.3) is 0 Å². The van der Waals surface area contributed by atoms with Gasteiger partial charge in [0.05, 0.1) is 6.61 Å². The summed E-state index contributed by atoms with van der Waals surface area (Å²) in [6.07, 6.45) is 0.822. The molecular weight excluding hydrogens is 178 g/mol. The molecule has 0 aromatic carbocycles. The van der Waals surface area contributed by atoms with Gasteiger partial charge < -0.3 is 20.3 Å². The van der Waals surface area contributed by atoms with E-state index in [2.05, 4.69) is 0 Å². The number of thiocarbonyl (C=S) groups is 1. The number of ether oxygens (including phenoxy) is 2. The molecule has 0 aromatic rings. The number of rotatable bonds is 7. The zero-order valence-electron chi connectivity index (χ0n) is 6.99. The van der Waals surface area contributed by atoms with Crippen LogP contribution in [0, 0.1) is 0 Å². The summed E-state index contributed by atoms with van der Waals surface area (Å²) in [4.78, 5) is 0. The summed E-state index contributed by atoms with van der Waals surface area (Å²) in [7, 11) is 0. The van der Waals surface area contributed by atoms with Gasteiger partial charge in [0.1, 0.15) is 13.2 Å². The minimum absolute atomic E-state index is 0.0249. The number of aliphatic hydroxyl groups is 1. The van der Waals surface area contributed by atoms with Crippen LogP contribution < -0.4 is 5.73 Å². The highest BCUT2D eigenvalue weighted by Crippen LogP contribution is 1.86. The van der Waals surface area contributed by atoms with Crippen molar-refractivity contribution in [1.29, 1.82) is 0 Å². The smallest absolute Gasteiger partial charge is 0.185 e. The predicted molar refractivity (Wildman–Crippen MR) is 50.1 cm³/mol. The third-order valence-electron chi connectivity index (χ3n) is 1.07. The van der Waals surface area contributed by atoms with E-state index >= 15 is 0 Å². The molecule has 72 valence electrons. The fourth-order valence-electron chi connectivity index (χ4n) is 0.542. The van der Waals surface area contributed by atoms with Crippen LogP contribution in [-0.4, -0.2) is 43.1 Å². The molecule has 0 bridgehead atoms. The normalized spacial score (nSPS) is 9.83. The van der Waals surface area contributed by atoms with Gasteiger partial charge in [0.15, 0.2) is 5.05 Å². The van der Waals surface area contributed by atoms with E-state index in [0.717, 1.165) is 6.42 Å². The molecule has 0 aliphatic carbocycles. The quantitative estimate of drug-likeness (QED) is 0.429. The fourth-order valence-corrected chi connectivity index (χ4v) is 0.709. The van der Waals surface area contributed by atoms with E-state index in [-0.39, 0.29) is 13.2 Å². The van der Waals surface area contributed by atoms with Gasteiger partial charge in [-0.2, -0.15) is 0 Å². The van der Waals surface area contributed by atoms with E-state index in [4.69, 9.17) is 32.5 Å². The Hall–Kier alpha value is -0.230. The van der Waals surface area contributed by atoms with Crippen molar-refractivity contribution in [3.8, 4) is 0 Å². The maximum Gasteiger partial charge on any atom is 0.185 e. The molecule has 3 N–H and O–H groups in total. The van der Waals surface area contributed by atoms with E-state index < -0.39 is 0 Å². The Bertz CT molecular complexity index is 121. The Morgan fingerprint density at radius 2 is 2.17 bits per heavy atom. The second-order valence-corrected chi connectivity index (χ2v) is 2.59. The van der Waals surface area contributed by atoms with Crippen molar-refractivity contribution in [3.05, 3.63) is 0 Å². The summed E-state index contributed by atoms with van der Waals surface area (Å²) in [5.41, 5.74) is 5.25. The highest BCUT2D eigenvalue weighted by atomic mass is 32.1. The Kier molecular flexibility index (Phi) is 8.69. The molecule has 0 aromatic heterocycles. The second-order valence-electron chi connectivity index (χ2n) is 2.14. The van der Waals surface area contributed by atoms with Crippen LogP contribution in [0.4, 0.5) is 0 Å². The van der Waals surface area contributed by atoms with Crippen molar-refractivity contribution < 1.29 is 14.6 Å². The van der Waals surface area contributed by atoms with Crippen molar-refractivity contribution in [1.82, 2.24) is 0 Å². The van der Waals surface area contributed by atoms with E-state index in [1.54, 1.807) is 0 Å². The molecule has 0 saturated carbocycles. The maximum absolute atomic E-state index is 8.38. The average Bonchev–Trinajstić information content (AvgIpc) is 2.09. The third kappa shape index (κ3) is 7.87. The lowest BCUT2D eigenvalue weighted by molar-refractivity contribution is 0.140. The van der Waals surface area contributed by atoms with Crippen LogP contribution in [0.1, 0.15) is 6.42 Å². The topological polar surface area (TPSA) is 64.7 Å². The Balaban J connectivity index is 3.08. The van der Waals surface area contributed by atoms with Gasteiger partial charge in [0.2, 0.25) is 0 Å². The molecule has 0 rings (SSSR count). The fraction of sp³-hybridized carbons (Fsp3) is 0.857. The largest absolute Gasteiger partial charge is 0.482 e. The molecule has 5 heteroatoms. The van der Waals surface area contributed by atoms with Crippen LogP contribution in [0.25, 0.3) is 0 Å². The number of hydrogen-bond donors (Lipinski definition) is 2. The van der Waals surface area contributed by atoms with Crippen LogP contribution in [-0.2, 0) is 9.47 Å². The molecule has 0 aliphatic rings. The average molecular weight is 193 g/mol. The van der Waals surface area contributed by atoms with Gasteiger partial charge in [-0.3, -0.25) is 0 Å². The van der Waals surface area contributed by atoms with Crippen LogP contribution in [0.5, 0.6) is 0 Å². The monoisotopic (exact) mass is 193 g/mol. The summed E-state index contributed by atoms with van der Waals surface area (Å²) in [6.45, 7) is 1.72. The summed E-state index contributed by atoms with van der Waals surface area (Å²) in [5.74, 6) is 0. The Morgan fingerprint density at radius 1 is 1.42 bits per heavy atom. The molecule has 0 saturated heterocycles. The molecular formula is C7H15NO3S. The van der Waals surface area contributed by atoms with E-state index in [9.17, 15) is 0 Å². The SMILES string of the molecule is NCCCOCC(=S)OCCO. The zero-order chi connectivity index (χ0) is 9.23. The first-order valence-corrected chi connectivity index (χ1v) is 4.26. The standard InChI is InChI=1S/C7H15NO3S/c8-2-1-4-10-6-7(12)11-5-3-9/h9H,1-6,8H2. The van der Waals surface area contributed by atoms with Crippen LogP contribution in [0.2, 0.25) is 0 Å². The molecule has 0 amide bonds.